The van der Waals surface area contributed by atoms with Crippen LogP contribution in [0.25, 0.3) is 0 Å². The molecule has 0 saturated heterocycles. The predicted octanol–water partition coefficient (Wildman–Crippen LogP) is 2.78. The van der Waals surface area contributed by atoms with Crippen molar-refractivity contribution in [2.24, 2.45) is 10.6 Å². The normalized spacial score (nSPS) is 21.1. The fourth-order valence-electron chi connectivity index (χ4n) is 2.34. The maximum Gasteiger partial charge on any atom is 0.146 e. The van der Waals surface area contributed by atoms with Gasteiger partial charge in [-0.3, -0.25) is 0 Å². The summed E-state index contributed by atoms with van der Waals surface area (Å²) in [5, 5.41) is 16.6. The number of fused-ring (bicyclic) bond motifs is 1. The molecular formula is C12H18N2O2. The second kappa shape index (κ2) is 3.92. The van der Waals surface area contributed by atoms with Crippen molar-refractivity contribution in [1.29, 1.82) is 0 Å². The number of hydrogen-bond donors (Lipinski definition) is 1. The monoisotopic (exact) mass is 222 g/mol. The van der Waals surface area contributed by atoms with Gasteiger partial charge in [0, 0.05) is 6.42 Å². The van der Waals surface area contributed by atoms with E-state index in [0.29, 0.717) is 0 Å². The molecule has 1 aliphatic carbocycles. The van der Waals surface area contributed by atoms with Gasteiger partial charge in [0.25, 0.3) is 0 Å². The molecular weight excluding hydrogens is 204 g/mol. The summed E-state index contributed by atoms with van der Waals surface area (Å²) < 4.78 is 5.37. The first kappa shape index (κ1) is 11.2. The van der Waals surface area contributed by atoms with Gasteiger partial charge in [-0.05, 0) is 18.3 Å². The van der Waals surface area contributed by atoms with Crippen LogP contribution in [0.15, 0.2) is 9.68 Å². The van der Waals surface area contributed by atoms with Crippen molar-refractivity contribution in [3.63, 3.8) is 0 Å². The van der Waals surface area contributed by atoms with E-state index >= 15 is 0 Å². The summed E-state index contributed by atoms with van der Waals surface area (Å²) >= 11 is 0. The molecule has 0 spiro atoms. The van der Waals surface area contributed by atoms with E-state index in [1.807, 2.05) is 0 Å². The van der Waals surface area contributed by atoms with Crippen molar-refractivity contribution in [1.82, 2.24) is 5.16 Å². The SMILES string of the molecule is CCCc1noc2c1/C(=N/O)CC(C)(C)C2. The molecule has 88 valence electrons. The third kappa shape index (κ3) is 1.84. The second-order valence-corrected chi connectivity index (χ2v) is 5.24. The van der Waals surface area contributed by atoms with E-state index in [1.165, 1.54) is 0 Å². The van der Waals surface area contributed by atoms with Crippen LogP contribution in [0.3, 0.4) is 0 Å². The molecule has 0 saturated carbocycles. The molecule has 2 rings (SSSR count). The van der Waals surface area contributed by atoms with E-state index in [0.717, 1.165) is 48.4 Å². The molecule has 1 N–H and O–H groups in total. The zero-order valence-electron chi connectivity index (χ0n) is 10.1. The fourth-order valence-corrected chi connectivity index (χ4v) is 2.34. The number of hydrogen-bond acceptors (Lipinski definition) is 4. The lowest BCUT2D eigenvalue weighted by Crippen LogP contribution is -2.27. The van der Waals surface area contributed by atoms with Crippen molar-refractivity contribution in [3.05, 3.63) is 17.0 Å². The predicted molar refractivity (Wildman–Crippen MR) is 60.9 cm³/mol. The van der Waals surface area contributed by atoms with Gasteiger partial charge in [0.2, 0.25) is 0 Å². The zero-order valence-corrected chi connectivity index (χ0v) is 10.1. The lowest BCUT2D eigenvalue weighted by atomic mass is 9.75. The average Bonchev–Trinajstić information content (AvgIpc) is 2.59. The van der Waals surface area contributed by atoms with Crippen LogP contribution in [0, 0.1) is 5.41 Å². The Labute approximate surface area is 95.3 Å². The molecule has 4 heteroatoms. The van der Waals surface area contributed by atoms with Crippen LogP contribution in [0.5, 0.6) is 0 Å². The minimum atomic E-state index is 0.0809. The van der Waals surface area contributed by atoms with Gasteiger partial charge in [0.15, 0.2) is 0 Å². The quantitative estimate of drug-likeness (QED) is 0.618. The largest absolute Gasteiger partial charge is 0.411 e. The van der Waals surface area contributed by atoms with E-state index < -0.39 is 0 Å². The first-order valence-electron chi connectivity index (χ1n) is 5.76. The Morgan fingerprint density at radius 1 is 1.44 bits per heavy atom. The smallest absolute Gasteiger partial charge is 0.146 e. The Hall–Kier alpha value is -1.32. The summed E-state index contributed by atoms with van der Waals surface area (Å²) in [6.07, 6.45) is 3.52. The lowest BCUT2D eigenvalue weighted by molar-refractivity contribution is 0.284. The maximum absolute atomic E-state index is 9.10. The number of rotatable bonds is 2. The summed E-state index contributed by atoms with van der Waals surface area (Å²) in [5.41, 5.74) is 2.68. The summed E-state index contributed by atoms with van der Waals surface area (Å²) in [4.78, 5) is 0. The standard InChI is InChI=1S/C12H18N2O2/c1-4-5-8-11-9(13-15)6-12(2,3)7-10(11)16-14-8/h15H,4-7H2,1-3H3/b13-9+. The molecule has 1 heterocycles. The summed E-state index contributed by atoms with van der Waals surface area (Å²) in [5.74, 6) is 0.868. The third-order valence-corrected chi connectivity index (χ3v) is 3.01. The van der Waals surface area contributed by atoms with Crippen LogP contribution in [-0.4, -0.2) is 16.1 Å². The Morgan fingerprint density at radius 2 is 2.19 bits per heavy atom. The molecule has 16 heavy (non-hydrogen) atoms. The van der Waals surface area contributed by atoms with Crippen molar-refractivity contribution < 1.29 is 9.73 Å². The van der Waals surface area contributed by atoms with Crippen molar-refractivity contribution in [3.8, 4) is 0 Å². The first-order valence-corrected chi connectivity index (χ1v) is 5.76. The molecule has 0 fully saturated rings. The van der Waals surface area contributed by atoms with Crippen LogP contribution in [-0.2, 0) is 12.8 Å². The molecule has 0 unspecified atom stereocenters. The van der Waals surface area contributed by atoms with E-state index in [4.69, 9.17) is 9.73 Å². The summed E-state index contributed by atoms with van der Waals surface area (Å²) in [6, 6.07) is 0. The molecule has 4 nitrogen and oxygen atoms in total. The highest BCUT2D eigenvalue weighted by Crippen LogP contribution is 2.36. The Balaban J connectivity index is 2.45. The summed E-state index contributed by atoms with van der Waals surface area (Å²) in [7, 11) is 0. The minimum absolute atomic E-state index is 0.0809. The fraction of sp³-hybridized carbons (Fsp3) is 0.667. The van der Waals surface area contributed by atoms with E-state index in [-0.39, 0.29) is 5.41 Å². The molecule has 0 aliphatic heterocycles. The Morgan fingerprint density at radius 3 is 2.81 bits per heavy atom. The topological polar surface area (TPSA) is 58.6 Å². The highest BCUT2D eigenvalue weighted by molar-refractivity contribution is 6.03. The van der Waals surface area contributed by atoms with E-state index in [9.17, 15) is 0 Å². The van der Waals surface area contributed by atoms with Crippen molar-refractivity contribution in [2.45, 2.75) is 46.5 Å². The molecule has 0 bridgehead atoms. The van der Waals surface area contributed by atoms with Crippen molar-refractivity contribution >= 4 is 5.71 Å². The second-order valence-electron chi connectivity index (χ2n) is 5.24. The first-order chi connectivity index (χ1) is 7.57. The van der Waals surface area contributed by atoms with Gasteiger partial charge in [-0.1, -0.05) is 37.5 Å². The average molecular weight is 222 g/mol. The van der Waals surface area contributed by atoms with Crippen LogP contribution in [0.1, 0.15) is 50.6 Å². The van der Waals surface area contributed by atoms with Crippen molar-refractivity contribution in [2.75, 3.05) is 0 Å². The maximum atomic E-state index is 9.10. The van der Waals surface area contributed by atoms with Crippen LogP contribution >= 0.6 is 0 Å². The van der Waals surface area contributed by atoms with Gasteiger partial charge < -0.3 is 9.73 Å². The third-order valence-electron chi connectivity index (χ3n) is 3.01. The van der Waals surface area contributed by atoms with Gasteiger partial charge >= 0.3 is 0 Å². The molecule has 0 amide bonds. The minimum Gasteiger partial charge on any atom is -0.411 e. The molecule has 0 radical (unpaired) electrons. The molecule has 1 aromatic heterocycles. The highest BCUT2D eigenvalue weighted by Gasteiger charge is 2.35. The molecule has 0 atom stereocenters. The number of aromatic nitrogens is 1. The van der Waals surface area contributed by atoms with Crippen LogP contribution in [0.4, 0.5) is 0 Å². The summed E-state index contributed by atoms with van der Waals surface area (Å²) in [6.45, 7) is 6.38. The van der Waals surface area contributed by atoms with Crippen LogP contribution in [0.2, 0.25) is 0 Å². The van der Waals surface area contributed by atoms with E-state index in [1.54, 1.807) is 0 Å². The number of nitrogens with zero attached hydrogens (tertiary/aromatic N) is 2. The van der Waals surface area contributed by atoms with Gasteiger partial charge in [0.05, 0.1) is 17.0 Å². The molecule has 1 aliphatic rings. The van der Waals surface area contributed by atoms with Gasteiger partial charge in [0.1, 0.15) is 5.76 Å². The number of aryl methyl sites for hydroxylation is 1. The van der Waals surface area contributed by atoms with Crippen LogP contribution < -0.4 is 0 Å². The Kier molecular flexibility index (Phi) is 2.74. The highest BCUT2D eigenvalue weighted by atomic mass is 16.5. The zero-order chi connectivity index (χ0) is 11.8. The molecule has 1 aromatic rings. The van der Waals surface area contributed by atoms with E-state index in [2.05, 4.69) is 31.1 Å². The van der Waals surface area contributed by atoms with Gasteiger partial charge in [-0.15, -0.1) is 0 Å². The number of oxime groups is 1. The van der Waals surface area contributed by atoms with Gasteiger partial charge in [-0.25, -0.2) is 0 Å². The molecule has 0 aromatic carbocycles. The van der Waals surface area contributed by atoms with Gasteiger partial charge in [-0.2, -0.15) is 0 Å². The lowest BCUT2D eigenvalue weighted by Gasteiger charge is -2.28. The Bertz CT molecular complexity index is 419.